The number of hydrogen-bond acceptors (Lipinski definition) is 4. The molecule has 1 atom stereocenters. The molecule has 2 heterocycles. The highest BCUT2D eigenvalue weighted by Gasteiger charge is 2.29. The lowest BCUT2D eigenvalue weighted by Gasteiger charge is -2.25. The molecule has 2 aromatic carbocycles. The van der Waals surface area contributed by atoms with Crippen LogP contribution in [0.15, 0.2) is 42.7 Å². The largest absolute Gasteiger partial charge is 0.493 e. The smallest absolute Gasteiger partial charge is 0.229 e. The summed E-state index contributed by atoms with van der Waals surface area (Å²) in [4.78, 5) is 16.1. The summed E-state index contributed by atoms with van der Waals surface area (Å²) in [6.07, 6.45) is 1.80. The van der Waals surface area contributed by atoms with Gasteiger partial charge in [0.25, 0.3) is 0 Å². The summed E-state index contributed by atoms with van der Waals surface area (Å²) in [6, 6.07) is 11.9. The molecule has 4 rings (SSSR count). The highest BCUT2D eigenvalue weighted by atomic mass is 16.5. The van der Waals surface area contributed by atoms with Crippen LogP contribution in [0.2, 0.25) is 0 Å². The highest BCUT2D eigenvalue weighted by molar-refractivity contribution is 5.94. The molecule has 23 heavy (non-hydrogen) atoms. The fourth-order valence-electron chi connectivity index (χ4n) is 3.11. The summed E-state index contributed by atoms with van der Waals surface area (Å²) in [5.41, 5.74) is 1.05. The van der Waals surface area contributed by atoms with Gasteiger partial charge >= 0.3 is 0 Å². The molecule has 1 amide bonds. The monoisotopic (exact) mass is 308 g/mol. The second-order valence-electron chi connectivity index (χ2n) is 5.43. The second-order valence-corrected chi connectivity index (χ2v) is 5.43. The van der Waals surface area contributed by atoms with Crippen molar-refractivity contribution in [3.05, 3.63) is 48.3 Å². The van der Waals surface area contributed by atoms with E-state index in [1.54, 1.807) is 4.68 Å². The first-order chi connectivity index (χ1) is 11.3. The van der Waals surface area contributed by atoms with Crippen molar-refractivity contribution in [2.75, 3.05) is 11.9 Å². The summed E-state index contributed by atoms with van der Waals surface area (Å²) < 4.78 is 7.49. The Balaban J connectivity index is 1.91. The zero-order valence-electron chi connectivity index (χ0n) is 12.7. The standard InChI is InChI=1S/C17H16N4O2/c1-2-23-15-8-7-12(11-5-3-4-6-13(11)15)14-9-16(22)20-17-18-10-19-21(14)17/h3-8,10,14H,2,9H2,1H3,(H,18,19,20,22)/t14-/m0/s1. The van der Waals surface area contributed by atoms with Crippen LogP contribution in [-0.4, -0.2) is 27.3 Å². The molecule has 0 unspecified atom stereocenters. The van der Waals surface area contributed by atoms with E-state index in [0.29, 0.717) is 19.0 Å². The Hall–Kier alpha value is -2.89. The fourth-order valence-corrected chi connectivity index (χ4v) is 3.11. The number of rotatable bonds is 3. The van der Waals surface area contributed by atoms with E-state index >= 15 is 0 Å². The van der Waals surface area contributed by atoms with Gasteiger partial charge in [-0.2, -0.15) is 10.1 Å². The minimum atomic E-state index is -0.165. The van der Waals surface area contributed by atoms with Gasteiger partial charge in [0.05, 0.1) is 19.1 Å². The molecule has 1 aliphatic heterocycles. The van der Waals surface area contributed by atoms with Crippen LogP contribution in [-0.2, 0) is 4.79 Å². The third-order valence-electron chi connectivity index (χ3n) is 4.07. The maximum Gasteiger partial charge on any atom is 0.229 e. The van der Waals surface area contributed by atoms with E-state index in [2.05, 4.69) is 21.5 Å². The Morgan fingerprint density at radius 1 is 1.26 bits per heavy atom. The summed E-state index contributed by atoms with van der Waals surface area (Å²) in [5, 5.41) is 9.13. The molecule has 0 fully saturated rings. The molecule has 1 aromatic heterocycles. The quantitative estimate of drug-likeness (QED) is 0.808. The van der Waals surface area contributed by atoms with Gasteiger partial charge < -0.3 is 4.74 Å². The molecule has 0 saturated heterocycles. The van der Waals surface area contributed by atoms with Gasteiger partial charge in [0.1, 0.15) is 12.1 Å². The maximum absolute atomic E-state index is 12.0. The summed E-state index contributed by atoms with van der Waals surface area (Å²) in [7, 11) is 0. The predicted molar refractivity (Wildman–Crippen MR) is 86.5 cm³/mol. The van der Waals surface area contributed by atoms with E-state index < -0.39 is 0 Å². The number of nitrogens with one attached hydrogen (secondary N) is 1. The average molecular weight is 308 g/mol. The maximum atomic E-state index is 12.0. The first-order valence-corrected chi connectivity index (χ1v) is 7.61. The van der Waals surface area contributed by atoms with Crippen LogP contribution in [0.3, 0.4) is 0 Å². The molecule has 116 valence electrons. The number of amides is 1. The first-order valence-electron chi connectivity index (χ1n) is 7.61. The molecule has 1 aliphatic rings. The molecule has 1 N–H and O–H groups in total. The van der Waals surface area contributed by atoms with Crippen molar-refractivity contribution in [2.45, 2.75) is 19.4 Å². The van der Waals surface area contributed by atoms with Gasteiger partial charge in [-0.05, 0) is 23.9 Å². The number of aromatic nitrogens is 3. The lowest BCUT2D eigenvalue weighted by molar-refractivity contribution is -0.117. The zero-order chi connectivity index (χ0) is 15.8. The number of benzene rings is 2. The lowest BCUT2D eigenvalue weighted by Crippen LogP contribution is -2.29. The van der Waals surface area contributed by atoms with Crippen molar-refractivity contribution < 1.29 is 9.53 Å². The SMILES string of the molecule is CCOc1ccc([C@@H]2CC(=O)Nc3ncnn32)c2ccccc12. The first kappa shape index (κ1) is 13.8. The number of carbonyl (C=O) groups is 1. The summed E-state index contributed by atoms with van der Waals surface area (Å²) in [5.74, 6) is 1.30. The topological polar surface area (TPSA) is 69.0 Å². The van der Waals surface area contributed by atoms with Gasteiger partial charge in [-0.3, -0.25) is 10.1 Å². The number of ether oxygens (including phenoxy) is 1. The van der Waals surface area contributed by atoms with Crippen LogP contribution in [0.4, 0.5) is 5.95 Å². The molecule has 0 saturated carbocycles. The van der Waals surface area contributed by atoms with E-state index in [-0.39, 0.29) is 11.9 Å². The number of nitrogens with zero attached hydrogens (tertiary/aromatic N) is 3. The predicted octanol–water partition coefficient (Wildman–Crippen LogP) is 2.76. The lowest BCUT2D eigenvalue weighted by atomic mass is 9.95. The third kappa shape index (κ3) is 2.23. The van der Waals surface area contributed by atoms with Crippen molar-refractivity contribution >= 4 is 22.6 Å². The van der Waals surface area contributed by atoms with E-state index in [0.717, 1.165) is 22.1 Å². The minimum absolute atomic E-state index is 0.0477. The van der Waals surface area contributed by atoms with Gasteiger partial charge in [-0.25, -0.2) is 4.68 Å². The normalized spacial score (nSPS) is 16.9. The molecule has 0 aliphatic carbocycles. The van der Waals surface area contributed by atoms with E-state index in [4.69, 9.17) is 4.74 Å². The Morgan fingerprint density at radius 2 is 2.09 bits per heavy atom. The fraction of sp³-hybridized carbons (Fsp3) is 0.235. The highest BCUT2D eigenvalue weighted by Crippen LogP contribution is 2.36. The number of hydrogen-bond donors (Lipinski definition) is 1. The van der Waals surface area contributed by atoms with E-state index in [9.17, 15) is 4.79 Å². The zero-order valence-corrected chi connectivity index (χ0v) is 12.7. The number of carbonyl (C=O) groups excluding carboxylic acids is 1. The minimum Gasteiger partial charge on any atom is -0.493 e. The molecule has 0 spiro atoms. The average Bonchev–Trinajstić information content (AvgIpc) is 3.03. The summed E-state index contributed by atoms with van der Waals surface area (Å²) >= 11 is 0. The van der Waals surface area contributed by atoms with Crippen LogP contribution in [0.5, 0.6) is 5.75 Å². The Kier molecular flexibility index (Phi) is 3.22. The molecule has 3 aromatic rings. The molecular formula is C17H16N4O2. The Bertz CT molecular complexity index is 887. The Labute approximate surface area is 133 Å². The molecule has 0 radical (unpaired) electrons. The van der Waals surface area contributed by atoms with Crippen LogP contribution in [0.1, 0.15) is 24.9 Å². The van der Waals surface area contributed by atoms with Crippen LogP contribution in [0.25, 0.3) is 10.8 Å². The van der Waals surface area contributed by atoms with E-state index in [1.807, 2.05) is 37.3 Å². The van der Waals surface area contributed by atoms with Crippen LogP contribution in [0, 0.1) is 0 Å². The van der Waals surface area contributed by atoms with Gasteiger partial charge in [0.2, 0.25) is 11.9 Å². The Morgan fingerprint density at radius 3 is 2.91 bits per heavy atom. The van der Waals surface area contributed by atoms with Crippen LogP contribution >= 0.6 is 0 Å². The number of fused-ring (bicyclic) bond motifs is 2. The molecule has 0 bridgehead atoms. The van der Waals surface area contributed by atoms with Crippen molar-refractivity contribution in [3.63, 3.8) is 0 Å². The molecular weight excluding hydrogens is 292 g/mol. The number of anilines is 1. The van der Waals surface area contributed by atoms with Crippen molar-refractivity contribution in [1.82, 2.24) is 14.8 Å². The summed E-state index contributed by atoms with van der Waals surface area (Å²) in [6.45, 7) is 2.58. The van der Waals surface area contributed by atoms with Crippen molar-refractivity contribution in [2.24, 2.45) is 0 Å². The van der Waals surface area contributed by atoms with Crippen molar-refractivity contribution in [1.29, 1.82) is 0 Å². The van der Waals surface area contributed by atoms with Gasteiger partial charge in [-0.1, -0.05) is 30.3 Å². The molecule has 6 heteroatoms. The van der Waals surface area contributed by atoms with Gasteiger partial charge in [-0.15, -0.1) is 0 Å². The van der Waals surface area contributed by atoms with Crippen molar-refractivity contribution in [3.8, 4) is 5.75 Å². The third-order valence-corrected chi connectivity index (χ3v) is 4.07. The van der Waals surface area contributed by atoms with E-state index in [1.165, 1.54) is 6.33 Å². The second kappa shape index (κ2) is 5.39. The van der Waals surface area contributed by atoms with Gasteiger partial charge in [0, 0.05) is 5.39 Å². The molecule has 6 nitrogen and oxygen atoms in total. The van der Waals surface area contributed by atoms with Gasteiger partial charge in [0.15, 0.2) is 0 Å². The van der Waals surface area contributed by atoms with Crippen LogP contribution < -0.4 is 10.1 Å².